The zero-order chi connectivity index (χ0) is 12.7. The van der Waals surface area contributed by atoms with E-state index in [-0.39, 0.29) is 17.6 Å². The summed E-state index contributed by atoms with van der Waals surface area (Å²) in [4.78, 5) is 11.5. The second kappa shape index (κ2) is 6.94. The van der Waals surface area contributed by atoms with Crippen LogP contribution in [0.2, 0.25) is 0 Å². The minimum atomic E-state index is -0.172. The van der Waals surface area contributed by atoms with Gasteiger partial charge in [-0.05, 0) is 37.0 Å². The third-order valence-electron chi connectivity index (χ3n) is 2.70. The van der Waals surface area contributed by atoms with Crippen LogP contribution < -0.4 is 0 Å². The van der Waals surface area contributed by atoms with Crippen LogP contribution in [0.3, 0.4) is 0 Å². The van der Waals surface area contributed by atoms with Crippen LogP contribution in [-0.2, 0) is 9.53 Å². The van der Waals surface area contributed by atoms with E-state index in [2.05, 4.69) is 6.92 Å². The monoisotopic (exact) mass is 236 g/mol. The number of hydrogen-bond donors (Lipinski definition) is 1. The van der Waals surface area contributed by atoms with Gasteiger partial charge in [-0.3, -0.25) is 4.79 Å². The van der Waals surface area contributed by atoms with Crippen molar-refractivity contribution < 1.29 is 14.6 Å². The smallest absolute Gasteiger partial charge is 0.306 e. The van der Waals surface area contributed by atoms with Gasteiger partial charge in [0.05, 0.1) is 13.0 Å². The average molecular weight is 236 g/mol. The molecule has 0 saturated heterocycles. The van der Waals surface area contributed by atoms with Gasteiger partial charge in [0.1, 0.15) is 5.75 Å². The number of carbonyl (C=O) groups is 1. The maximum absolute atomic E-state index is 11.5. The molecule has 94 valence electrons. The van der Waals surface area contributed by atoms with E-state index in [0.29, 0.717) is 13.0 Å². The number of phenols is 1. The Balaban J connectivity index is 2.74. The summed E-state index contributed by atoms with van der Waals surface area (Å²) in [6.45, 7) is 4.31. The van der Waals surface area contributed by atoms with Crippen molar-refractivity contribution in [1.29, 1.82) is 0 Å². The molecule has 0 aliphatic carbocycles. The average Bonchev–Trinajstić information content (AvgIpc) is 2.29. The number of ether oxygens (including phenoxy) is 1. The van der Waals surface area contributed by atoms with E-state index in [4.69, 9.17) is 4.74 Å². The zero-order valence-corrected chi connectivity index (χ0v) is 10.5. The van der Waals surface area contributed by atoms with Crippen molar-refractivity contribution in [3.8, 4) is 5.75 Å². The van der Waals surface area contributed by atoms with Crippen molar-refractivity contribution in [3.05, 3.63) is 29.8 Å². The second-order valence-corrected chi connectivity index (χ2v) is 4.09. The molecule has 1 aromatic carbocycles. The molecule has 0 aliphatic rings. The second-order valence-electron chi connectivity index (χ2n) is 4.09. The van der Waals surface area contributed by atoms with E-state index >= 15 is 0 Å². The molecule has 0 saturated carbocycles. The lowest BCUT2D eigenvalue weighted by molar-refractivity contribution is -0.143. The first-order valence-corrected chi connectivity index (χ1v) is 6.11. The van der Waals surface area contributed by atoms with Gasteiger partial charge in [0.2, 0.25) is 0 Å². The van der Waals surface area contributed by atoms with E-state index in [1.54, 1.807) is 25.1 Å². The summed E-state index contributed by atoms with van der Waals surface area (Å²) < 4.78 is 4.97. The minimum absolute atomic E-state index is 0.131. The van der Waals surface area contributed by atoms with Crippen LogP contribution in [0.1, 0.15) is 44.6 Å². The molecule has 3 heteroatoms. The van der Waals surface area contributed by atoms with E-state index in [1.165, 1.54) is 0 Å². The van der Waals surface area contributed by atoms with Crippen molar-refractivity contribution in [3.63, 3.8) is 0 Å². The minimum Gasteiger partial charge on any atom is -0.508 e. The summed E-state index contributed by atoms with van der Waals surface area (Å²) in [5.41, 5.74) is 1.000. The first-order chi connectivity index (χ1) is 8.17. The molecule has 0 spiro atoms. The lowest BCUT2D eigenvalue weighted by Crippen LogP contribution is -2.10. The molecule has 0 aromatic heterocycles. The van der Waals surface area contributed by atoms with E-state index < -0.39 is 0 Å². The standard InChI is InChI=1S/C14H20O3/c1-3-6-11(10-14(16)17-4-2)12-7-5-8-13(15)9-12/h5,7-9,11,15H,3-4,6,10H2,1-2H3. The van der Waals surface area contributed by atoms with Crippen LogP contribution in [0.5, 0.6) is 5.75 Å². The maximum atomic E-state index is 11.5. The summed E-state index contributed by atoms with van der Waals surface area (Å²) in [5.74, 6) is 0.202. The molecular formula is C14H20O3. The molecule has 1 unspecified atom stereocenters. The largest absolute Gasteiger partial charge is 0.508 e. The first kappa shape index (κ1) is 13.6. The van der Waals surface area contributed by atoms with Crippen molar-refractivity contribution in [2.24, 2.45) is 0 Å². The van der Waals surface area contributed by atoms with Gasteiger partial charge in [0.15, 0.2) is 0 Å². The lowest BCUT2D eigenvalue weighted by atomic mass is 9.91. The molecule has 1 atom stereocenters. The highest BCUT2D eigenvalue weighted by atomic mass is 16.5. The fraction of sp³-hybridized carbons (Fsp3) is 0.500. The number of hydrogen-bond acceptors (Lipinski definition) is 3. The number of carbonyl (C=O) groups excluding carboxylic acids is 1. The van der Waals surface area contributed by atoms with Gasteiger partial charge in [-0.2, -0.15) is 0 Å². The molecule has 1 N–H and O–H groups in total. The number of esters is 1. The zero-order valence-electron chi connectivity index (χ0n) is 10.5. The third kappa shape index (κ3) is 4.47. The summed E-state index contributed by atoms with van der Waals surface area (Å²) in [5, 5.41) is 9.45. The quantitative estimate of drug-likeness (QED) is 0.771. The molecule has 0 heterocycles. The van der Waals surface area contributed by atoms with Gasteiger partial charge in [0, 0.05) is 0 Å². The van der Waals surface area contributed by atoms with E-state index in [9.17, 15) is 9.90 Å². The van der Waals surface area contributed by atoms with Crippen LogP contribution in [0.25, 0.3) is 0 Å². The van der Waals surface area contributed by atoms with Crippen LogP contribution in [-0.4, -0.2) is 17.7 Å². The predicted octanol–water partition coefficient (Wildman–Crippen LogP) is 3.23. The Bertz CT molecular complexity index is 360. The molecule has 0 aliphatic heterocycles. The number of phenolic OH excluding ortho intramolecular Hbond substituents is 1. The molecule has 1 rings (SSSR count). The number of rotatable bonds is 6. The molecule has 0 amide bonds. The fourth-order valence-corrected chi connectivity index (χ4v) is 1.93. The highest BCUT2D eigenvalue weighted by Crippen LogP contribution is 2.27. The van der Waals surface area contributed by atoms with Gasteiger partial charge >= 0.3 is 5.97 Å². The van der Waals surface area contributed by atoms with Crippen molar-refractivity contribution in [1.82, 2.24) is 0 Å². The van der Waals surface area contributed by atoms with Gasteiger partial charge in [-0.15, -0.1) is 0 Å². The Hall–Kier alpha value is -1.51. The molecule has 0 radical (unpaired) electrons. The van der Waals surface area contributed by atoms with E-state index in [0.717, 1.165) is 18.4 Å². The van der Waals surface area contributed by atoms with Crippen molar-refractivity contribution >= 4 is 5.97 Å². The van der Waals surface area contributed by atoms with Gasteiger partial charge in [0.25, 0.3) is 0 Å². The summed E-state index contributed by atoms with van der Waals surface area (Å²) >= 11 is 0. The molecular weight excluding hydrogens is 216 g/mol. The van der Waals surface area contributed by atoms with E-state index in [1.807, 2.05) is 6.07 Å². The molecule has 17 heavy (non-hydrogen) atoms. The topological polar surface area (TPSA) is 46.5 Å². The van der Waals surface area contributed by atoms with Crippen LogP contribution in [0.4, 0.5) is 0 Å². The van der Waals surface area contributed by atoms with Gasteiger partial charge in [-0.25, -0.2) is 0 Å². The number of aromatic hydroxyl groups is 1. The Labute approximate surface area is 102 Å². The lowest BCUT2D eigenvalue weighted by Gasteiger charge is -2.15. The van der Waals surface area contributed by atoms with Crippen LogP contribution in [0, 0.1) is 0 Å². The predicted molar refractivity (Wildman–Crippen MR) is 67.0 cm³/mol. The third-order valence-corrected chi connectivity index (χ3v) is 2.70. The highest BCUT2D eigenvalue weighted by molar-refractivity contribution is 5.70. The maximum Gasteiger partial charge on any atom is 0.306 e. The Morgan fingerprint density at radius 1 is 1.41 bits per heavy atom. The summed E-state index contributed by atoms with van der Waals surface area (Å²) in [7, 11) is 0. The number of benzene rings is 1. The van der Waals surface area contributed by atoms with Crippen LogP contribution >= 0.6 is 0 Å². The Morgan fingerprint density at radius 2 is 2.18 bits per heavy atom. The molecule has 1 aromatic rings. The molecule has 3 nitrogen and oxygen atoms in total. The molecule has 0 fully saturated rings. The Kier molecular flexibility index (Phi) is 5.53. The normalized spacial score (nSPS) is 12.1. The summed E-state index contributed by atoms with van der Waals surface area (Å²) in [6.07, 6.45) is 2.30. The van der Waals surface area contributed by atoms with Crippen LogP contribution in [0.15, 0.2) is 24.3 Å². The molecule has 0 bridgehead atoms. The Morgan fingerprint density at radius 3 is 2.76 bits per heavy atom. The SMILES string of the molecule is CCCC(CC(=O)OCC)c1cccc(O)c1. The highest BCUT2D eigenvalue weighted by Gasteiger charge is 2.16. The first-order valence-electron chi connectivity index (χ1n) is 6.11. The summed E-state index contributed by atoms with van der Waals surface area (Å²) in [6, 6.07) is 7.11. The van der Waals surface area contributed by atoms with Gasteiger partial charge < -0.3 is 9.84 Å². The fourth-order valence-electron chi connectivity index (χ4n) is 1.93. The van der Waals surface area contributed by atoms with Crippen molar-refractivity contribution in [2.45, 2.75) is 39.0 Å². The van der Waals surface area contributed by atoms with Crippen molar-refractivity contribution in [2.75, 3.05) is 6.61 Å². The van der Waals surface area contributed by atoms with Gasteiger partial charge in [-0.1, -0.05) is 25.5 Å².